The number of nitrogens with two attached hydrogens (primary N) is 1. The van der Waals surface area contributed by atoms with E-state index >= 15 is 0 Å². The van der Waals surface area contributed by atoms with E-state index in [1.54, 1.807) is 23.5 Å². The van der Waals surface area contributed by atoms with Gasteiger partial charge < -0.3 is 5.32 Å². The lowest BCUT2D eigenvalue weighted by molar-refractivity contribution is -0.690. The summed E-state index contributed by atoms with van der Waals surface area (Å²) in [5.74, 6) is -0.644. The molecule has 0 saturated carbocycles. The van der Waals surface area contributed by atoms with Crippen LogP contribution >= 0.6 is 0 Å². The minimum atomic E-state index is -4.41. The summed E-state index contributed by atoms with van der Waals surface area (Å²) in [5.41, 5.74) is 1.26. The lowest BCUT2D eigenvalue weighted by Crippen LogP contribution is -2.90. The maximum absolute atomic E-state index is 12.8. The first-order chi connectivity index (χ1) is 12.3. The van der Waals surface area contributed by atoms with Crippen molar-refractivity contribution in [2.24, 2.45) is 0 Å². The Balaban J connectivity index is 1.69. The smallest absolute Gasteiger partial charge is 0.332 e. The van der Waals surface area contributed by atoms with Gasteiger partial charge in [0, 0.05) is 5.56 Å². The van der Waals surface area contributed by atoms with Crippen LogP contribution in [0.15, 0.2) is 48.5 Å². The van der Waals surface area contributed by atoms with Crippen LogP contribution in [0.1, 0.15) is 23.1 Å². The van der Waals surface area contributed by atoms with Crippen LogP contribution in [0.2, 0.25) is 0 Å². The zero-order valence-corrected chi connectivity index (χ0v) is 14.1. The number of hydrogen-bond donors (Lipinski definition) is 1. The summed E-state index contributed by atoms with van der Waals surface area (Å²) in [6, 6.07) is 11.4. The zero-order valence-electron chi connectivity index (χ0n) is 14.1. The molecule has 2 N–H and O–H groups in total. The number of benzene rings is 2. The maximum atomic E-state index is 12.8. The molecule has 0 unspecified atom stereocenters. The normalized spacial score (nSPS) is 17.8. The fourth-order valence-corrected chi connectivity index (χ4v) is 2.96. The Morgan fingerprint density at radius 1 is 1.12 bits per heavy atom. The van der Waals surface area contributed by atoms with E-state index in [4.69, 9.17) is 0 Å². The fraction of sp³-hybridized carbons (Fsp3) is 0.263. The molecular formula is C19H18F3N2O2+. The first-order valence-corrected chi connectivity index (χ1v) is 8.18. The van der Waals surface area contributed by atoms with Crippen LogP contribution < -0.4 is 10.2 Å². The zero-order chi connectivity index (χ0) is 18.9. The first-order valence-electron chi connectivity index (χ1n) is 8.18. The highest BCUT2D eigenvalue weighted by molar-refractivity contribution is 6.21. The van der Waals surface area contributed by atoms with Gasteiger partial charge in [-0.25, -0.2) is 4.90 Å². The van der Waals surface area contributed by atoms with E-state index in [-0.39, 0.29) is 24.8 Å². The van der Waals surface area contributed by atoms with Crippen LogP contribution in [-0.2, 0) is 22.3 Å². The van der Waals surface area contributed by atoms with Gasteiger partial charge in [-0.05, 0) is 31.2 Å². The van der Waals surface area contributed by atoms with Crippen molar-refractivity contribution >= 4 is 17.5 Å². The number of alkyl halides is 3. The van der Waals surface area contributed by atoms with Crippen molar-refractivity contribution in [2.75, 3.05) is 4.90 Å². The van der Waals surface area contributed by atoms with Gasteiger partial charge in [-0.2, -0.15) is 13.2 Å². The summed E-state index contributed by atoms with van der Waals surface area (Å²) < 4.78 is 38.3. The molecule has 0 aliphatic carbocycles. The minimum absolute atomic E-state index is 0.0334. The Hall–Kier alpha value is -2.67. The molecule has 2 aromatic rings. The molecule has 136 valence electrons. The molecule has 26 heavy (non-hydrogen) atoms. The van der Waals surface area contributed by atoms with E-state index in [1.165, 1.54) is 6.07 Å². The number of carbonyl (C=O) groups is 2. The van der Waals surface area contributed by atoms with Gasteiger partial charge in [-0.1, -0.05) is 29.8 Å². The molecule has 0 radical (unpaired) electrons. The Morgan fingerprint density at radius 2 is 1.81 bits per heavy atom. The molecule has 1 aliphatic rings. The highest BCUT2D eigenvalue weighted by Gasteiger charge is 2.42. The number of imide groups is 1. The average molecular weight is 363 g/mol. The van der Waals surface area contributed by atoms with Crippen molar-refractivity contribution in [3.05, 3.63) is 65.2 Å². The predicted octanol–water partition coefficient (Wildman–Crippen LogP) is 2.41. The number of nitrogens with zero attached hydrogens (tertiary/aromatic N) is 1. The van der Waals surface area contributed by atoms with Gasteiger partial charge in [-0.15, -0.1) is 0 Å². The predicted molar refractivity (Wildman–Crippen MR) is 89.2 cm³/mol. The van der Waals surface area contributed by atoms with Gasteiger partial charge in [0.1, 0.15) is 6.54 Å². The average Bonchev–Trinajstić information content (AvgIpc) is 2.87. The minimum Gasteiger partial charge on any atom is -0.332 e. The van der Waals surface area contributed by atoms with E-state index in [2.05, 4.69) is 0 Å². The van der Waals surface area contributed by atoms with Crippen molar-refractivity contribution in [2.45, 2.75) is 32.1 Å². The van der Waals surface area contributed by atoms with Gasteiger partial charge in [-0.3, -0.25) is 9.59 Å². The number of aryl methyl sites for hydroxylation is 1. The van der Waals surface area contributed by atoms with E-state index in [0.29, 0.717) is 11.3 Å². The number of rotatable bonds is 4. The molecule has 0 aromatic heterocycles. The first kappa shape index (κ1) is 18.1. The molecule has 1 heterocycles. The second-order valence-corrected chi connectivity index (χ2v) is 6.35. The summed E-state index contributed by atoms with van der Waals surface area (Å²) in [4.78, 5) is 25.9. The fourth-order valence-electron chi connectivity index (χ4n) is 2.96. The summed E-state index contributed by atoms with van der Waals surface area (Å²) in [7, 11) is 0. The molecule has 1 atom stereocenters. The summed E-state index contributed by atoms with van der Waals surface area (Å²) in [6.07, 6.45) is -4.37. The summed E-state index contributed by atoms with van der Waals surface area (Å²) in [5, 5.41) is 1.61. The molecule has 1 aliphatic heterocycles. The second-order valence-electron chi connectivity index (χ2n) is 6.35. The van der Waals surface area contributed by atoms with Crippen molar-refractivity contribution in [3.8, 4) is 0 Å². The Bertz CT molecular complexity index is 831. The van der Waals surface area contributed by atoms with E-state index in [1.807, 2.05) is 19.1 Å². The molecule has 1 saturated heterocycles. The molecule has 2 amide bonds. The third-order valence-corrected chi connectivity index (χ3v) is 4.37. The third-order valence-electron chi connectivity index (χ3n) is 4.37. The van der Waals surface area contributed by atoms with Gasteiger partial charge >= 0.3 is 6.18 Å². The maximum Gasteiger partial charge on any atom is 0.416 e. The van der Waals surface area contributed by atoms with Gasteiger partial charge in [0.2, 0.25) is 5.91 Å². The Morgan fingerprint density at radius 3 is 2.46 bits per heavy atom. The monoisotopic (exact) mass is 363 g/mol. The molecule has 2 aromatic carbocycles. The van der Waals surface area contributed by atoms with Crippen LogP contribution in [0.3, 0.4) is 0 Å². The lowest BCUT2D eigenvalue weighted by atomic mass is 10.1. The number of amides is 2. The molecule has 1 fully saturated rings. The van der Waals surface area contributed by atoms with Crippen molar-refractivity contribution in [1.29, 1.82) is 0 Å². The van der Waals surface area contributed by atoms with Crippen LogP contribution in [0, 0.1) is 6.92 Å². The van der Waals surface area contributed by atoms with Crippen molar-refractivity contribution in [3.63, 3.8) is 0 Å². The molecule has 0 bridgehead atoms. The molecule has 3 rings (SSSR count). The summed E-state index contributed by atoms with van der Waals surface area (Å²) in [6.45, 7) is 2.10. The van der Waals surface area contributed by atoms with Gasteiger partial charge in [0.25, 0.3) is 5.91 Å². The highest BCUT2D eigenvalue weighted by atomic mass is 19.4. The number of halogens is 3. The Kier molecular flexibility index (Phi) is 4.82. The van der Waals surface area contributed by atoms with E-state index in [0.717, 1.165) is 22.6 Å². The third kappa shape index (κ3) is 3.77. The number of hydrogen-bond acceptors (Lipinski definition) is 2. The quantitative estimate of drug-likeness (QED) is 0.849. The van der Waals surface area contributed by atoms with Crippen LogP contribution in [0.4, 0.5) is 18.9 Å². The second kappa shape index (κ2) is 6.92. The van der Waals surface area contributed by atoms with Crippen LogP contribution in [-0.4, -0.2) is 17.9 Å². The van der Waals surface area contributed by atoms with Crippen LogP contribution in [0.5, 0.6) is 0 Å². The van der Waals surface area contributed by atoms with Gasteiger partial charge in [0.05, 0.1) is 17.7 Å². The highest BCUT2D eigenvalue weighted by Crippen LogP contribution is 2.29. The SMILES string of the molecule is Cc1ccc(N2C(=O)C[C@@H]([NH2+]Cc3cccc(C(F)(F)F)c3)C2=O)cc1. The van der Waals surface area contributed by atoms with E-state index < -0.39 is 17.8 Å². The molecule has 0 spiro atoms. The lowest BCUT2D eigenvalue weighted by Gasteiger charge is -2.14. The summed E-state index contributed by atoms with van der Waals surface area (Å²) >= 11 is 0. The van der Waals surface area contributed by atoms with Crippen molar-refractivity contribution in [1.82, 2.24) is 0 Å². The molecule has 7 heteroatoms. The largest absolute Gasteiger partial charge is 0.416 e. The number of anilines is 1. The van der Waals surface area contributed by atoms with Crippen molar-refractivity contribution < 1.29 is 28.1 Å². The van der Waals surface area contributed by atoms with Gasteiger partial charge in [0.15, 0.2) is 6.04 Å². The van der Waals surface area contributed by atoms with E-state index in [9.17, 15) is 22.8 Å². The standard InChI is InChI=1S/C19H17F3N2O2/c1-12-5-7-15(8-6-12)24-17(25)10-16(18(24)26)23-11-13-3-2-4-14(9-13)19(20,21)22/h2-9,16,23H,10-11H2,1H3/p+1/t16-/m1/s1. The molecular weight excluding hydrogens is 345 g/mol. The number of carbonyl (C=O) groups excluding carboxylic acids is 2. The van der Waals surface area contributed by atoms with Crippen LogP contribution in [0.25, 0.3) is 0 Å². The Labute approximate surface area is 148 Å². The topological polar surface area (TPSA) is 54.0 Å². The number of quaternary nitrogens is 1. The molecule has 4 nitrogen and oxygen atoms in total.